The number of carbonyl (C=O) groups excluding carboxylic acids is 1. The highest BCUT2D eigenvalue weighted by atomic mass is 16.1. The van der Waals surface area contributed by atoms with Crippen LogP contribution in [0, 0.1) is 52.3 Å². The molecular weight excluding hydrogens is 352 g/mol. The molecule has 29 heavy (non-hydrogen) atoms. The molecule has 4 aliphatic rings. The molecule has 0 bridgehead atoms. The average molecular weight is 397 g/mol. The van der Waals surface area contributed by atoms with Gasteiger partial charge in [-0.2, -0.15) is 0 Å². The Morgan fingerprint density at radius 3 is 2.41 bits per heavy atom. The zero-order valence-electron chi connectivity index (χ0n) is 19.8. The molecule has 4 rings (SSSR count). The largest absolute Gasteiger partial charge is 0.300 e. The Morgan fingerprint density at radius 2 is 1.69 bits per heavy atom. The molecule has 0 heterocycles. The van der Waals surface area contributed by atoms with Crippen molar-refractivity contribution in [1.29, 1.82) is 0 Å². The van der Waals surface area contributed by atoms with Crippen LogP contribution in [0.1, 0.15) is 92.9 Å². The first-order valence-corrected chi connectivity index (χ1v) is 12.6. The van der Waals surface area contributed by atoms with Crippen molar-refractivity contribution >= 4 is 5.78 Å². The van der Waals surface area contributed by atoms with Crippen LogP contribution in [0.2, 0.25) is 0 Å². The highest BCUT2D eigenvalue weighted by Gasteiger charge is 2.57. The molecule has 162 valence electrons. The van der Waals surface area contributed by atoms with Gasteiger partial charge in [0.25, 0.3) is 0 Å². The Balaban J connectivity index is 1.55. The molecule has 0 spiro atoms. The van der Waals surface area contributed by atoms with Gasteiger partial charge >= 0.3 is 0 Å². The molecule has 0 aliphatic heterocycles. The van der Waals surface area contributed by atoms with Crippen molar-refractivity contribution in [2.24, 2.45) is 52.3 Å². The molecule has 0 unspecified atom stereocenters. The quantitative estimate of drug-likeness (QED) is 0.447. The summed E-state index contributed by atoms with van der Waals surface area (Å²) < 4.78 is 0. The first-order chi connectivity index (χ1) is 13.7. The first-order valence-electron chi connectivity index (χ1n) is 12.6. The summed E-state index contributed by atoms with van der Waals surface area (Å²) in [4.78, 5) is 12.1. The second-order valence-electron chi connectivity index (χ2n) is 12.1. The van der Waals surface area contributed by atoms with Gasteiger partial charge in [-0.25, -0.2) is 0 Å². The van der Waals surface area contributed by atoms with Crippen LogP contribution >= 0.6 is 0 Å². The van der Waals surface area contributed by atoms with E-state index in [4.69, 9.17) is 0 Å². The van der Waals surface area contributed by atoms with E-state index in [9.17, 15) is 4.79 Å². The summed E-state index contributed by atoms with van der Waals surface area (Å²) in [6, 6.07) is 0. The van der Waals surface area contributed by atoms with E-state index in [1.54, 1.807) is 0 Å². The van der Waals surface area contributed by atoms with Crippen molar-refractivity contribution in [3.8, 4) is 0 Å². The van der Waals surface area contributed by atoms with Gasteiger partial charge in [-0.05, 0) is 90.8 Å². The minimum atomic E-state index is 0.385. The van der Waals surface area contributed by atoms with Gasteiger partial charge in [0, 0.05) is 12.8 Å². The molecule has 0 aromatic carbocycles. The molecule has 3 saturated carbocycles. The number of hydrogen-bond donors (Lipinski definition) is 0. The number of carbonyl (C=O) groups is 1. The Morgan fingerprint density at radius 1 is 0.966 bits per heavy atom. The first kappa shape index (κ1) is 21.4. The summed E-state index contributed by atoms with van der Waals surface area (Å²) in [7, 11) is 0. The number of rotatable bonds is 4. The summed E-state index contributed by atoms with van der Waals surface area (Å²) >= 11 is 0. The molecule has 1 heteroatoms. The monoisotopic (exact) mass is 396 g/mol. The lowest BCUT2D eigenvalue weighted by atomic mass is 9.48. The maximum atomic E-state index is 12.1. The standard InChI is InChI=1S/C28H44O/c1-18(2)19(3)7-8-20(4)24-11-12-25-23-10-9-21-17-22(29)13-15-27(21,5)26(23)14-16-28(24,25)6/h7-8,10,18-21,24-26H,9,11-17H2,1-6H3/b8-7+/t19-,20+,21+,24-,25+,26+,27+,28+/m0/s1. The van der Waals surface area contributed by atoms with Crippen LogP contribution in [0.25, 0.3) is 0 Å². The van der Waals surface area contributed by atoms with Gasteiger partial charge in [0.05, 0.1) is 0 Å². The van der Waals surface area contributed by atoms with E-state index in [2.05, 4.69) is 59.8 Å². The van der Waals surface area contributed by atoms with Crippen LogP contribution in [0.5, 0.6) is 0 Å². The fourth-order valence-electron chi connectivity index (χ4n) is 7.91. The van der Waals surface area contributed by atoms with Crippen LogP contribution in [0.15, 0.2) is 23.8 Å². The fourth-order valence-corrected chi connectivity index (χ4v) is 7.91. The van der Waals surface area contributed by atoms with Gasteiger partial charge in [0.1, 0.15) is 5.78 Å². The highest BCUT2D eigenvalue weighted by molar-refractivity contribution is 5.79. The van der Waals surface area contributed by atoms with Crippen molar-refractivity contribution in [3.05, 3.63) is 23.8 Å². The summed E-state index contributed by atoms with van der Waals surface area (Å²) in [6.45, 7) is 14.7. The zero-order chi connectivity index (χ0) is 21.0. The van der Waals surface area contributed by atoms with Crippen molar-refractivity contribution in [2.45, 2.75) is 92.9 Å². The zero-order valence-corrected chi connectivity index (χ0v) is 19.8. The molecule has 0 aromatic heterocycles. The van der Waals surface area contributed by atoms with Gasteiger partial charge in [-0.15, -0.1) is 0 Å². The summed E-state index contributed by atoms with van der Waals surface area (Å²) in [5.41, 5.74) is 2.68. The molecule has 0 radical (unpaired) electrons. The molecule has 4 aliphatic carbocycles. The molecule has 0 amide bonds. The Hall–Kier alpha value is -0.850. The number of allylic oxidation sites excluding steroid dienone is 4. The number of ketones is 1. The van der Waals surface area contributed by atoms with E-state index < -0.39 is 0 Å². The molecule has 3 fully saturated rings. The Kier molecular flexibility index (Phi) is 5.67. The van der Waals surface area contributed by atoms with Crippen molar-refractivity contribution in [3.63, 3.8) is 0 Å². The van der Waals surface area contributed by atoms with Gasteiger partial charge in [-0.1, -0.05) is 65.3 Å². The summed E-state index contributed by atoms with van der Waals surface area (Å²) in [5, 5.41) is 0. The van der Waals surface area contributed by atoms with Crippen LogP contribution in [0.4, 0.5) is 0 Å². The third-order valence-electron chi connectivity index (χ3n) is 10.4. The molecule has 0 aromatic rings. The van der Waals surface area contributed by atoms with Crippen LogP contribution in [0.3, 0.4) is 0 Å². The molecule has 0 saturated heterocycles. The molecule has 8 atom stereocenters. The number of fused-ring (bicyclic) bond motifs is 5. The van der Waals surface area contributed by atoms with Gasteiger partial charge < -0.3 is 0 Å². The maximum Gasteiger partial charge on any atom is 0.133 e. The second kappa shape index (κ2) is 7.69. The van der Waals surface area contributed by atoms with E-state index in [0.29, 0.717) is 34.4 Å². The van der Waals surface area contributed by atoms with Crippen molar-refractivity contribution in [2.75, 3.05) is 0 Å². The topological polar surface area (TPSA) is 17.1 Å². The van der Waals surface area contributed by atoms with E-state index >= 15 is 0 Å². The van der Waals surface area contributed by atoms with E-state index in [1.165, 1.54) is 25.7 Å². The molecular formula is C28H44O. The van der Waals surface area contributed by atoms with Crippen LogP contribution in [-0.2, 0) is 4.79 Å². The van der Waals surface area contributed by atoms with Gasteiger partial charge in [0.2, 0.25) is 0 Å². The normalized spacial score (nSPS) is 44.2. The Labute approximate surface area is 179 Å². The lowest BCUT2D eigenvalue weighted by Gasteiger charge is -2.57. The fraction of sp³-hybridized carbons (Fsp3) is 0.821. The summed E-state index contributed by atoms with van der Waals surface area (Å²) in [6.07, 6.45) is 17.2. The molecule has 0 N–H and O–H groups in total. The molecule has 1 nitrogen and oxygen atoms in total. The van der Waals surface area contributed by atoms with E-state index in [0.717, 1.165) is 49.4 Å². The lowest BCUT2D eigenvalue weighted by molar-refractivity contribution is -0.127. The average Bonchev–Trinajstić information content (AvgIpc) is 3.03. The number of Topliss-reactive ketones (excluding diaryl/α,β-unsaturated/α-hetero) is 1. The van der Waals surface area contributed by atoms with Crippen LogP contribution < -0.4 is 0 Å². The Bertz CT molecular complexity index is 699. The minimum absolute atomic E-state index is 0.385. The predicted molar refractivity (Wildman–Crippen MR) is 123 cm³/mol. The second-order valence-corrected chi connectivity index (χ2v) is 12.1. The minimum Gasteiger partial charge on any atom is -0.300 e. The van der Waals surface area contributed by atoms with E-state index in [1.807, 2.05) is 5.57 Å². The van der Waals surface area contributed by atoms with Gasteiger partial charge in [0.15, 0.2) is 0 Å². The van der Waals surface area contributed by atoms with Crippen molar-refractivity contribution < 1.29 is 4.79 Å². The highest BCUT2D eigenvalue weighted by Crippen LogP contribution is 2.66. The number of hydrogen-bond acceptors (Lipinski definition) is 1. The third-order valence-corrected chi connectivity index (χ3v) is 10.4. The summed E-state index contributed by atoms with van der Waals surface area (Å²) in [5.74, 6) is 5.57. The SMILES string of the molecule is CC(C)[C@@H](C)/C=C/[C@@H](C)[C@@H]1CC[C@@H]2C3=CC[C@@H]4CC(=O)CC[C@@]4(C)[C@@H]3CC[C@@]21C. The van der Waals surface area contributed by atoms with E-state index in [-0.39, 0.29) is 0 Å². The van der Waals surface area contributed by atoms with Crippen LogP contribution in [-0.4, -0.2) is 5.78 Å². The third kappa shape index (κ3) is 3.49. The predicted octanol–water partition coefficient (Wildman–Crippen LogP) is 7.62. The van der Waals surface area contributed by atoms with Gasteiger partial charge in [-0.3, -0.25) is 4.79 Å². The lowest BCUT2D eigenvalue weighted by Crippen LogP contribution is -2.49. The smallest absolute Gasteiger partial charge is 0.133 e. The maximum absolute atomic E-state index is 12.1. The van der Waals surface area contributed by atoms with Crippen molar-refractivity contribution in [1.82, 2.24) is 0 Å².